The SMILES string of the molecule is COCCN(CC(=O)O)C(=O)C[C@H](C)NC(=O)OCC1c2ccccc2-c2ccccc21. The van der Waals surface area contributed by atoms with E-state index in [1.165, 1.54) is 12.0 Å². The van der Waals surface area contributed by atoms with E-state index in [4.69, 9.17) is 14.6 Å². The fourth-order valence-corrected chi connectivity index (χ4v) is 3.94. The highest BCUT2D eigenvalue weighted by molar-refractivity contribution is 5.82. The fraction of sp³-hybridized carbons (Fsp3) is 0.375. The van der Waals surface area contributed by atoms with E-state index >= 15 is 0 Å². The molecule has 2 aromatic rings. The summed E-state index contributed by atoms with van der Waals surface area (Å²) in [6.07, 6.45) is -0.657. The second-order valence-electron chi connectivity index (χ2n) is 7.78. The highest BCUT2D eigenvalue weighted by Crippen LogP contribution is 2.44. The van der Waals surface area contributed by atoms with E-state index in [1.807, 2.05) is 36.4 Å². The summed E-state index contributed by atoms with van der Waals surface area (Å²) < 4.78 is 10.4. The molecule has 0 spiro atoms. The van der Waals surface area contributed by atoms with Gasteiger partial charge in [-0.3, -0.25) is 9.59 Å². The Morgan fingerprint density at radius 3 is 2.22 bits per heavy atom. The van der Waals surface area contributed by atoms with Crippen LogP contribution in [0.1, 0.15) is 30.4 Å². The summed E-state index contributed by atoms with van der Waals surface area (Å²) in [4.78, 5) is 37.0. The largest absolute Gasteiger partial charge is 0.480 e. The van der Waals surface area contributed by atoms with Gasteiger partial charge in [-0.15, -0.1) is 0 Å². The van der Waals surface area contributed by atoms with Gasteiger partial charge in [-0.2, -0.15) is 0 Å². The minimum absolute atomic E-state index is 0.0405. The molecule has 32 heavy (non-hydrogen) atoms. The third-order valence-electron chi connectivity index (χ3n) is 5.43. The maximum atomic E-state index is 12.4. The predicted molar refractivity (Wildman–Crippen MR) is 118 cm³/mol. The van der Waals surface area contributed by atoms with E-state index in [1.54, 1.807) is 6.92 Å². The topological polar surface area (TPSA) is 105 Å². The zero-order chi connectivity index (χ0) is 23.1. The van der Waals surface area contributed by atoms with Gasteiger partial charge in [-0.25, -0.2) is 4.79 Å². The zero-order valence-corrected chi connectivity index (χ0v) is 18.2. The zero-order valence-electron chi connectivity index (χ0n) is 18.2. The number of methoxy groups -OCH3 is 1. The Hall–Kier alpha value is -3.39. The highest BCUT2D eigenvalue weighted by atomic mass is 16.5. The lowest BCUT2D eigenvalue weighted by molar-refractivity contribution is -0.145. The quantitative estimate of drug-likeness (QED) is 0.589. The normalized spacial score (nSPS) is 13.1. The van der Waals surface area contributed by atoms with Crippen LogP contribution < -0.4 is 5.32 Å². The molecule has 1 atom stereocenters. The molecule has 1 aliphatic carbocycles. The van der Waals surface area contributed by atoms with Crippen LogP contribution in [0, 0.1) is 0 Å². The number of rotatable bonds is 10. The molecular weight excluding hydrogens is 412 g/mol. The van der Waals surface area contributed by atoms with Gasteiger partial charge in [0, 0.05) is 32.0 Å². The first-order valence-corrected chi connectivity index (χ1v) is 10.5. The van der Waals surface area contributed by atoms with Gasteiger partial charge in [-0.05, 0) is 29.2 Å². The summed E-state index contributed by atoms with van der Waals surface area (Å²) in [6, 6.07) is 15.6. The Balaban J connectivity index is 1.55. The third-order valence-corrected chi connectivity index (χ3v) is 5.43. The summed E-state index contributed by atoms with van der Waals surface area (Å²) in [7, 11) is 1.48. The molecule has 0 unspecified atom stereocenters. The van der Waals surface area contributed by atoms with Gasteiger partial charge >= 0.3 is 12.1 Å². The molecule has 0 bridgehead atoms. The van der Waals surface area contributed by atoms with Gasteiger partial charge in [0.2, 0.25) is 5.91 Å². The smallest absolute Gasteiger partial charge is 0.407 e. The van der Waals surface area contributed by atoms with Gasteiger partial charge in [-0.1, -0.05) is 48.5 Å². The van der Waals surface area contributed by atoms with Crippen LogP contribution in [0.25, 0.3) is 11.1 Å². The maximum Gasteiger partial charge on any atom is 0.407 e. The van der Waals surface area contributed by atoms with Crippen LogP contribution in [-0.2, 0) is 19.1 Å². The van der Waals surface area contributed by atoms with E-state index in [-0.39, 0.29) is 38.0 Å². The summed E-state index contributed by atoms with van der Waals surface area (Å²) >= 11 is 0. The molecule has 0 saturated carbocycles. The van der Waals surface area contributed by atoms with Gasteiger partial charge in [0.05, 0.1) is 6.61 Å². The first-order valence-electron chi connectivity index (χ1n) is 10.5. The fourth-order valence-electron chi connectivity index (χ4n) is 3.94. The van der Waals surface area contributed by atoms with Crippen LogP contribution in [-0.4, -0.2) is 67.4 Å². The number of fused-ring (bicyclic) bond motifs is 3. The van der Waals surface area contributed by atoms with Crippen molar-refractivity contribution in [2.24, 2.45) is 0 Å². The number of carboxylic acids is 1. The standard InChI is InChI=1S/C24H28N2O6/c1-16(13-22(27)26(11-12-31-2)14-23(28)29)25-24(30)32-15-21-19-9-5-3-7-17(19)18-8-4-6-10-20(18)21/h3-10,16,21H,11-15H2,1-2H3,(H,25,30)(H,28,29)/t16-/m0/s1. The van der Waals surface area contributed by atoms with Gasteiger partial charge in [0.15, 0.2) is 0 Å². The second kappa shape index (κ2) is 10.8. The van der Waals surface area contributed by atoms with Crippen LogP contribution in [0.4, 0.5) is 4.79 Å². The number of alkyl carbamates (subject to hydrolysis) is 1. The van der Waals surface area contributed by atoms with E-state index in [9.17, 15) is 14.4 Å². The molecule has 8 heteroatoms. The van der Waals surface area contributed by atoms with Crippen LogP contribution >= 0.6 is 0 Å². The van der Waals surface area contributed by atoms with Gasteiger partial charge in [0.1, 0.15) is 13.2 Å². The lowest BCUT2D eigenvalue weighted by Gasteiger charge is -2.22. The minimum Gasteiger partial charge on any atom is -0.480 e. The summed E-state index contributed by atoms with van der Waals surface area (Å²) in [5, 5.41) is 11.7. The molecule has 2 aromatic carbocycles. The van der Waals surface area contributed by atoms with Crippen molar-refractivity contribution in [3.05, 3.63) is 59.7 Å². The molecular formula is C24H28N2O6. The molecule has 170 valence electrons. The molecule has 8 nitrogen and oxygen atoms in total. The number of carboxylic acid groups (broad SMARTS) is 1. The molecule has 3 rings (SSSR count). The summed E-state index contributed by atoms with van der Waals surface area (Å²) in [5.41, 5.74) is 4.52. The Morgan fingerprint density at radius 1 is 1.06 bits per heavy atom. The number of benzene rings is 2. The van der Waals surface area contributed by atoms with Crippen LogP contribution in [0.15, 0.2) is 48.5 Å². The number of nitrogens with one attached hydrogen (secondary N) is 1. The Labute approximate surface area is 187 Å². The van der Waals surface area contributed by atoms with Crippen molar-refractivity contribution in [1.29, 1.82) is 0 Å². The second-order valence-corrected chi connectivity index (χ2v) is 7.78. The van der Waals surface area contributed by atoms with Crippen molar-refractivity contribution in [2.75, 3.05) is 33.4 Å². The molecule has 2 N–H and O–H groups in total. The summed E-state index contributed by atoms with van der Waals surface area (Å²) in [5.74, 6) is -1.53. The number of ether oxygens (including phenoxy) is 2. The molecule has 2 amide bonds. The van der Waals surface area contributed by atoms with Crippen molar-refractivity contribution < 1.29 is 29.0 Å². The molecule has 0 fully saturated rings. The van der Waals surface area contributed by atoms with Crippen molar-refractivity contribution in [3.8, 4) is 11.1 Å². The molecule has 0 saturated heterocycles. The monoisotopic (exact) mass is 440 g/mol. The Morgan fingerprint density at radius 2 is 1.66 bits per heavy atom. The molecule has 0 heterocycles. The summed E-state index contributed by atoms with van der Waals surface area (Å²) in [6.45, 7) is 1.83. The van der Waals surface area contributed by atoms with E-state index in [2.05, 4.69) is 17.4 Å². The van der Waals surface area contributed by atoms with Crippen LogP contribution in [0.3, 0.4) is 0 Å². The lowest BCUT2D eigenvalue weighted by Crippen LogP contribution is -2.42. The van der Waals surface area contributed by atoms with E-state index < -0.39 is 24.6 Å². The molecule has 1 aliphatic rings. The number of hydrogen-bond acceptors (Lipinski definition) is 5. The van der Waals surface area contributed by atoms with Crippen molar-refractivity contribution in [1.82, 2.24) is 10.2 Å². The lowest BCUT2D eigenvalue weighted by atomic mass is 9.98. The number of aliphatic carboxylic acids is 1. The van der Waals surface area contributed by atoms with Crippen LogP contribution in [0.2, 0.25) is 0 Å². The molecule has 0 aromatic heterocycles. The Kier molecular flexibility index (Phi) is 7.83. The average Bonchev–Trinajstić information content (AvgIpc) is 3.08. The number of carbonyl (C=O) groups is 3. The third kappa shape index (κ3) is 5.64. The van der Waals surface area contributed by atoms with Gasteiger partial charge in [0.25, 0.3) is 0 Å². The number of amides is 2. The van der Waals surface area contributed by atoms with Crippen LogP contribution in [0.5, 0.6) is 0 Å². The van der Waals surface area contributed by atoms with Crippen molar-refractivity contribution in [3.63, 3.8) is 0 Å². The van der Waals surface area contributed by atoms with Crippen molar-refractivity contribution >= 4 is 18.0 Å². The maximum absolute atomic E-state index is 12.4. The number of nitrogens with zero attached hydrogens (tertiary/aromatic N) is 1. The first kappa shape index (κ1) is 23.3. The van der Waals surface area contributed by atoms with E-state index in [0.29, 0.717) is 0 Å². The molecule has 0 aliphatic heterocycles. The number of hydrogen-bond donors (Lipinski definition) is 2. The van der Waals surface area contributed by atoms with Gasteiger partial charge < -0.3 is 24.8 Å². The minimum atomic E-state index is -1.10. The van der Waals surface area contributed by atoms with Crippen molar-refractivity contribution in [2.45, 2.75) is 25.3 Å². The molecule has 0 radical (unpaired) electrons. The van der Waals surface area contributed by atoms with E-state index in [0.717, 1.165) is 22.3 Å². The predicted octanol–water partition coefficient (Wildman–Crippen LogP) is 2.86. The average molecular weight is 440 g/mol. The Bertz CT molecular complexity index is 931. The number of carbonyl (C=O) groups excluding carboxylic acids is 2. The highest BCUT2D eigenvalue weighted by Gasteiger charge is 2.29. The first-order chi connectivity index (χ1) is 15.4.